The molecule has 100 valence electrons. The van der Waals surface area contributed by atoms with Gasteiger partial charge in [-0.2, -0.15) is 0 Å². The number of amides is 1. The van der Waals surface area contributed by atoms with Crippen LogP contribution in [-0.4, -0.2) is 32.0 Å². The van der Waals surface area contributed by atoms with Crippen LogP contribution in [0.5, 0.6) is 5.75 Å². The SMILES string of the molecule is COc1ccc2c(Cl)c(CC(=O)N(C)C)ccc2c1. The molecule has 0 atom stereocenters. The Morgan fingerprint density at radius 2 is 2.00 bits per heavy atom. The van der Waals surface area contributed by atoms with Crippen molar-refractivity contribution in [2.24, 2.45) is 0 Å². The minimum Gasteiger partial charge on any atom is -0.497 e. The topological polar surface area (TPSA) is 29.5 Å². The third-order valence-electron chi connectivity index (χ3n) is 3.08. The van der Waals surface area contributed by atoms with Crippen molar-refractivity contribution in [3.63, 3.8) is 0 Å². The van der Waals surface area contributed by atoms with Crippen molar-refractivity contribution in [1.29, 1.82) is 0 Å². The highest BCUT2D eigenvalue weighted by molar-refractivity contribution is 6.36. The van der Waals surface area contributed by atoms with Gasteiger partial charge in [0.25, 0.3) is 0 Å². The minimum absolute atomic E-state index is 0.0368. The number of benzene rings is 2. The first-order valence-corrected chi connectivity index (χ1v) is 6.36. The highest BCUT2D eigenvalue weighted by Crippen LogP contribution is 2.30. The third-order valence-corrected chi connectivity index (χ3v) is 3.53. The molecule has 0 aromatic heterocycles. The summed E-state index contributed by atoms with van der Waals surface area (Å²) in [6.07, 6.45) is 0.313. The summed E-state index contributed by atoms with van der Waals surface area (Å²) >= 11 is 6.37. The zero-order valence-electron chi connectivity index (χ0n) is 11.2. The first kappa shape index (κ1) is 13.7. The fourth-order valence-corrected chi connectivity index (χ4v) is 2.20. The van der Waals surface area contributed by atoms with Gasteiger partial charge in [-0.05, 0) is 29.1 Å². The van der Waals surface area contributed by atoms with Crippen LogP contribution in [-0.2, 0) is 11.2 Å². The van der Waals surface area contributed by atoms with Gasteiger partial charge in [-0.1, -0.05) is 23.7 Å². The van der Waals surface area contributed by atoms with Gasteiger partial charge in [-0.15, -0.1) is 0 Å². The zero-order valence-corrected chi connectivity index (χ0v) is 12.0. The largest absolute Gasteiger partial charge is 0.497 e. The highest BCUT2D eigenvalue weighted by atomic mass is 35.5. The summed E-state index contributed by atoms with van der Waals surface area (Å²) in [4.78, 5) is 13.3. The molecule has 2 aromatic carbocycles. The maximum absolute atomic E-state index is 11.7. The van der Waals surface area contributed by atoms with Gasteiger partial charge in [0.05, 0.1) is 18.6 Å². The number of carbonyl (C=O) groups is 1. The quantitative estimate of drug-likeness (QED) is 0.863. The Morgan fingerprint density at radius 1 is 1.26 bits per heavy atom. The van der Waals surface area contributed by atoms with E-state index in [0.29, 0.717) is 11.4 Å². The molecule has 0 spiro atoms. The van der Waals surface area contributed by atoms with E-state index in [4.69, 9.17) is 16.3 Å². The number of likely N-dealkylation sites (N-methyl/N-ethyl adjacent to an activating group) is 1. The Labute approximate surface area is 117 Å². The average Bonchev–Trinajstić information content (AvgIpc) is 2.41. The molecule has 0 heterocycles. The maximum atomic E-state index is 11.7. The van der Waals surface area contributed by atoms with Crippen molar-refractivity contribution >= 4 is 28.3 Å². The number of rotatable bonds is 3. The molecule has 2 rings (SSSR count). The predicted octanol–water partition coefficient (Wildman–Crippen LogP) is 3.13. The normalized spacial score (nSPS) is 10.5. The van der Waals surface area contributed by atoms with Gasteiger partial charge in [0, 0.05) is 19.5 Å². The summed E-state index contributed by atoms with van der Waals surface area (Å²) in [7, 11) is 5.11. The number of carbonyl (C=O) groups excluding carboxylic acids is 1. The Bertz CT molecular complexity index is 623. The van der Waals surface area contributed by atoms with E-state index in [1.807, 2.05) is 30.3 Å². The molecule has 0 saturated heterocycles. The average molecular weight is 278 g/mol. The van der Waals surface area contributed by atoms with Gasteiger partial charge in [0.15, 0.2) is 0 Å². The Hall–Kier alpha value is -1.74. The van der Waals surface area contributed by atoms with E-state index in [1.165, 1.54) is 0 Å². The maximum Gasteiger partial charge on any atom is 0.226 e. The lowest BCUT2D eigenvalue weighted by molar-refractivity contribution is -0.127. The van der Waals surface area contributed by atoms with Gasteiger partial charge in [0.2, 0.25) is 5.91 Å². The molecule has 0 radical (unpaired) electrons. The molecular weight excluding hydrogens is 262 g/mol. The summed E-state index contributed by atoms with van der Waals surface area (Å²) in [5.74, 6) is 0.829. The fraction of sp³-hybridized carbons (Fsp3) is 0.267. The first-order chi connectivity index (χ1) is 9.02. The molecule has 0 aliphatic heterocycles. The molecule has 2 aromatic rings. The van der Waals surface area contributed by atoms with Gasteiger partial charge >= 0.3 is 0 Å². The van der Waals surface area contributed by atoms with Crippen LogP contribution in [0.25, 0.3) is 10.8 Å². The number of hydrogen-bond acceptors (Lipinski definition) is 2. The van der Waals surface area contributed by atoms with E-state index in [-0.39, 0.29) is 5.91 Å². The summed E-state index contributed by atoms with van der Waals surface area (Å²) in [5.41, 5.74) is 0.845. The van der Waals surface area contributed by atoms with Gasteiger partial charge in [-0.25, -0.2) is 0 Å². The van der Waals surface area contributed by atoms with Crippen LogP contribution in [0.1, 0.15) is 5.56 Å². The second-order valence-corrected chi connectivity index (χ2v) is 4.97. The lowest BCUT2D eigenvalue weighted by Gasteiger charge is -2.12. The van der Waals surface area contributed by atoms with Crippen LogP contribution in [0.15, 0.2) is 30.3 Å². The van der Waals surface area contributed by atoms with E-state index >= 15 is 0 Å². The van der Waals surface area contributed by atoms with Crippen LogP contribution < -0.4 is 4.74 Å². The molecule has 0 fully saturated rings. The number of fused-ring (bicyclic) bond motifs is 1. The molecular formula is C15H16ClNO2. The molecule has 0 bridgehead atoms. The molecule has 0 N–H and O–H groups in total. The second kappa shape index (κ2) is 5.49. The number of ether oxygens (including phenoxy) is 1. The van der Waals surface area contributed by atoms with E-state index < -0.39 is 0 Å². The van der Waals surface area contributed by atoms with Crippen LogP contribution >= 0.6 is 11.6 Å². The van der Waals surface area contributed by atoms with E-state index in [9.17, 15) is 4.79 Å². The Kier molecular flexibility index (Phi) is 3.96. The van der Waals surface area contributed by atoms with Gasteiger partial charge in [0.1, 0.15) is 5.75 Å². The third kappa shape index (κ3) is 2.82. The fourth-order valence-electron chi connectivity index (χ4n) is 1.90. The summed E-state index contributed by atoms with van der Waals surface area (Å²) in [5, 5.41) is 2.58. The number of methoxy groups -OCH3 is 1. The summed E-state index contributed by atoms with van der Waals surface area (Å²) in [6, 6.07) is 9.57. The van der Waals surface area contributed by atoms with E-state index in [1.54, 1.807) is 26.1 Å². The first-order valence-electron chi connectivity index (χ1n) is 5.98. The van der Waals surface area contributed by atoms with E-state index in [0.717, 1.165) is 22.1 Å². The summed E-state index contributed by atoms with van der Waals surface area (Å²) < 4.78 is 5.18. The van der Waals surface area contributed by atoms with Gasteiger partial charge < -0.3 is 9.64 Å². The molecule has 1 amide bonds. The smallest absolute Gasteiger partial charge is 0.226 e. The zero-order chi connectivity index (χ0) is 14.0. The number of hydrogen-bond donors (Lipinski definition) is 0. The number of halogens is 1. The summed E-state index contributed by atoms with van der Waals surface area (Å²) in [6.45, 7) is 0. The molecule has 3 nitrogen and oxygen atoms in total. The highest BCUT2D eigenvalue weighted by Gasteiger charge is 2.11. The lowest BCUT2D eigenvalue weighted by Crippen LogP contribution is -2.23. The van der Waals surface area contributed by atoms with Crippen LogP contribution in [0, 0.1) is 0 Å². The standard InChI is InChI=1S/C15H16ClNO2/c1-17(2)14(18)9-11-5-4-10-8-12(19-3)6-7-13(10)15(11)16/h4-8H,9H2,1-3H3. The van der Waals surface area contributed by atoms with Crippen LogP contribution in [0.3, 0.4) is 0 Å². The molecule has 0 unspecified atom stereocenters. The molecule has 4 heteroatoms. The molecule has 0 aliphatic carbocycles. The van der Waals surface area contributed by atoms with Crippen molar-refractivity contribution in [3.05, 3.63) is 40.9 Å². The monoisotopic (exact) mass is 277 g/mol. The van der Waals surface area contributed by atoms with Crippen molar-refractivity contribution in [1.82, 2.24) is 4.90 Å². The second-order valence-electron chi connectivity index (χ2n) is 4.59. The number of nitrogens with zero attached hydrogens (tertiary/aromatic N) is 1. The van der Waals surface area contributed by atoms with Crippen molar-refractivity contribution < 1.29 is 9.53 Å². The predicted molar refractivity (Wildman–Crippen MR) is 77.9 cm³/mol. The van der Waals surface area contributed by atoms with E-state index in [2.05, 4.69) is 0 Å². The van der Waals surface area contributed by atoms with Crippen molar-refractivity contribution in [3.8, 4) is 5.75 Å². The van der Waals surface area contributed by atoms with Crippen molar-refractivity contribution in [2.45, 2.75) is 6.42 Å². The Balaban J connectivity index is 2.43. The Morgan fingerprint density at radius 3 is 2.63 bits per heavy atom. The molecule has 0 aliphatic rings. The van der Waals surface area contributed by atoms with Crippen LogP contribution in [0.4, 0.5) is 0 Å². The van der Waals surface area contributed by atoms with Crippen molar-refractivity contribution in [2.75, 3.05) is 21.2 Å². The van der Waals surface area contributed by atoms with Gasteiger partial charge in [-0.3, -0.25) is 4.79 Å². The molecule has 19 heavy (non-hydrogen) atoms. The molecule has 0 saturated carbocycles. The lowest BCUT2D eigenvalue weighted by atomic mass is 10.0. The minimum atomic E-state index is 0.0368. The van der Waals surface area contributed by atoms with Crippen LogP contribution in [0.2, 0.25) is 5.02 Å².